The van der Waals surface area contributed by atoms with Crippen LogP contribution in [0.15, 0.2) is 0 Å². The van der Waals surface area contributed by atoms with Crippen molar-refractivity contribution in [1.82, 2.24) is 10.9 Å². The second kappa shape index (κ2) is 13.3. The number of hydrogen-bond acceptors (Lipinski definition) is 4. The molecule has 112 valence electrons. The normalized spacial score (nSPS) is 10.2. The number of amides is 2. The minimum atomic E-state index is -0.0819. The zero-order valence-corrected chi connectivity index (χ0v) is 11.7. The summed E-state index contributed by atoms with van der Waals surface area (Å²) in [5.74, 6) is 9.81. The first-order chi connectivity index (χ1) is 9.20. The Balaban J connectivity index is 3.07. The molecule has 0 saturated carbocycles. The topological polar surface area (TPSA) is 110 Å². The molecule has 0 spiro atoms. The SMILES string of the molecule is NNC(=O)CCCCCCCCCCCC(=O)NN. The molecule has 0 aliphatic rings. The van der Waals surface area contributed by atoms with Gasteiger partial charge in [-0.1, -0.05) is 44.9 Å². The van der Waals surface area contributed by atoms with E-state index in [1.165, 1.54) is 32.1 Å². The Labute approximate surface area is 115 Å². The number of hydrazine groups is 2. The van der Waals surface area contributed by atoms with E-state index in [0.29, 0.717) is 12.8 Å². The number of nitrogens with two attached hydrogens (primary N) is 2. The Bertz CT molecular complexity index is 223. The summed E-state index contributed by atoms with van der Waals surface area (Å²) in [6.07, 6.45) is 11.1. The predicted molar refractivity (Wildman–Crippen MR) is 75.4 cm³/mol. The van der Waals surface area contributed by atoms with Gasteiger partial charge in [-0.25, -0.2) is 11.7 Å². The number of nitrogens with one attached hydrogen (secondary N) is 2. The van der Waals surface area contributed by atoms with Gasteiger partial charge in [0.05, 0.1) is 0 Å². The monoisotopic (exact) mass is 272 g/mol. The molecular weight excluding hydrogens is 244 g/mol. The number of carbonyl (C=O) groups is 2. The smallest absolute Gasteiger partial charge is 0.233 e. The van der Waals surface area contributed by atoms with Crippen molar-refractivity contribution < 1.29 is 9.59 Å². The summed E-state index contributed by atoms with van der Waals surface area (Å²) in [6.45, 7) is 0. The van der Waals surface area contributed by atoms with Crippen molar-refractivity contribution in [1.29, 1.82) is 0 Å². The van der Waals surface area contributed by atoms with Crippen LogP contribution < -0.4 is 22.5 Å². The number of carbonyl (C=O) groups excluding carboxylic acids is 2. The lowest BCUT2D eigenvalue weighted by Crippen LogP contribution is -2.29. The zero-order chi connectivity index (χ0) is 14.3. The molecule has 0 aromatic heterocycles. The van der Waals surface area contributed by atoms with E-state index in [1.807, 2.05) is 0 Å². The Kier molecular flexibility index (Phi) is 12.5. The molecule has 0 aromatic carbocycles. The van der Waals surface area contributed by atoms with Crippen LogP contribution in [0.25, 0.3) is 0 Å². The second-order valence-corrected chi connectivity index (χ2v) is 4.82. The predicted octanol–water partition coefficient (Wildman–Crippen LogP) is 1.26. The molecule has 0 aromatic rings. The standard InChI is InChI=1S/C13H28N4O2/c14-16-12(18)10-8-6-4-2-1-3-5-7-9-11-13(19)17-15/h1-11,14-15H2,(H,16,18)(H,17,19). The van der Waals surface area contributed by atoms with E-state index in [-0.39, 0.29) is 11.8 Å². The van der Waals surface area contributed by atoms with Crippen LogP contribution in [0.4, 0.5) is 0 Å². The second-order valence-electron chi connectivity index (χ2n) is 4.82. The highest BCUT2D eigenvalue weighted by Gasteiger charge is 1.99. The van der Waals surface area contributed by atoms with E-state index in [0.717, 1.165) is 25.7 Å². The fourth-order valence-corrected chi connectivity index (χ4v) is 1.95. The van der Waals surface area contributed by atoms with E-state index in [1.54, 1.807) is 0 Å². The summed E-state index contributed by atoms with van der Waals surface area (Å²) >= 11 is 0. The van der Waals surface area contributed by atoms with Gasteiger partial charge in [0.15, 0.2) is 0 Å². The fraction of sp³-hybridized carbons (Fsp3) is 0.846. The van der Waals surface area contributed by atoms with Crippen molar-refractivity contribution >= 4 is 11.8 Å². The van der Waals surface area contributed by atoms with Gasteiger partial charge in [-0.2, -0.15) is 0 Å². The molecule has 0 atom stereocenters. The van der Waals surface area contributed by atoms with E-state index >= 15 is 0 Å². The number of hydrogen-bond donors (Lipinski definition) is 4. The summed E-state index contributed by atoms with van der Waals surface area (Å²) in [6, 6.07) is 0. The van der Waals surface area contributed by atoms with Crippen molar-refractivity contribution in [3.05, 3.63) is 0 Å². The average molecular weight is 272 g/mol. The Morgan fingerprint density at radius 3 is 1.11 bits per heavy atom. The van der Waals surface area contributed by atoms with E-state index < -0.39 is 0 Å². The molecule has 0 rings (SSSR count). The Morgan fingerprint density at radius 1 is 0.579 bits per heavy atom. The van der Waals surface area contributed by atoms with Crippen LogP contribution in [0, 0.1) is 0 Å². The summed E-state index contributed by atoms with van der Waals surface area (Å²) in [7, 11) is 0. The molecule has 19 heavy (non-hydrogen) atoms. The van der Waals surface area contributed by atoms with Crippen LogP contribution in [-0.4, -0.2) is 11.8 Å². The molecule has 0 radical (unpaired) electrons. The molecule has 6 heteroatoms. The molecule has 0 aliphatic carbocycles. The molecule has 0 unspecified atom stereocenters. The highest BCUT2D eigenvalue weighted by Crippen LogP contribution is 2.11. The largest absolute Gasteiger partial charge is 0.294 e. The van der Waals surface area contributed by atoms with Gasteiger partial charge in [0.25, 0.3) is 0 Å². The third-order valence-corrected chi connectivity index (χ3v) is 3.13. The van der Waals surface area contributed by atoms with Gasteiger partial charge in [0.1, 0.15) is 0 Å². The van der Waals surface area contributed by atoms with Crippen molar-refractivity contribution in [2.45, 2.75) is 70.6 Å². The van der Waals surface area contributed by atoms with Gasteiger partial charge in [0, 0.05) is 12.8 Å². The van der Waals surface area contributed by atoms with Gasteiger partial charge in [0.2, 0.25) is 11.8 Å². The molecular formula is C13H28N4O2. The summed E-state index contributed by atoms with van der Waals surface area (Å²) in [4.78, 5) is 21.7. The molecule has 0 aliphatic heterocycles. The maximum absolute atomic E-state index is 10.8. The molecule has 2 amide bonds. The van der Waals surface area contributed by atoms with Crippen LogP contribution in [0.2, 0.25) is 0 Å². The average Bonchev–Trinajstić information content (AvgIpc) is 2.43. The quantitative estimate of drug-likeness (QED) is 0.185. The van der Waals surface area contributed by atoms with Crippen LogP contribution in [0.5, 0.6) is 0 Å². The first-order valence-electron chi connectivity index (χ1n) is 7.19. The maximum Gasteiger partial charge on any atom is 0.233 e. The molecule has 6 nitrogen and oxygen atoms in total. The lowest BCUT2D eigenvalue weighted by atomic mass is 10.1. The van der Waals surface area contributed by atoms with E-state index in [2.05, 4.69) is 10.9 Å². The molecule has 0 bridgehead atoms. The van der Waals surface area contributed by atoms with Crippen molar-refractivity contribution in [2.75, 3.05) is 0 Å². The van der Waals surface area contributed by atoms with E-state index in [4.69, 9.17) is 11.7 Å². The first kappa shape index (κ1) is 17.9. The van der Waals surface area contributed by atoms with Gasteiger partial charge < -0.3 is 0 Å². The lowest BCUT2D eigenvalue weighted by molar-refractivity contribution is -0.122. The minimum Gasteiger partial charge on any atom is -0.294 e. The zero-order valence-electron chi connectivity index (χ0n) is 11.7. The Morgan fingerprint density at radius 2 is 0.842 bits per heavy atom. The van der Waals surface area contributed by atoms with Gasteiger partial charge in [-0.3, -0.25) is 20.4 Å². The highest BCUT2D eigenvalue weighted by molar-refractivity contribution is 5.75. The summed E-state index contributed by atoms with van der Waals surface area (Å²) < 4.78 is 0. The molecule has 0 heterocycles. The Hall–Kier alpha value is -1.14. The lowest BCUT2D eigenvalue weighted by Gasteiger charge is -2.02. The van der Waals surface area contributed by atoms with Crippen LogP contribution in [0.3, 0.4) is 0 Å². The third kappa shape index (κ3) is 13.1. The fourth-order valence-electron chi connectivity index (χ4n) is 1.95. The van der Waals surface area contributed by atoms with Crippen LogP contribution >= 0.6 is 0 Å². The number of rotatable bonds is 12. The number of unbranched alkanes of at least 4 members (excludes halogenated alkanes) is 8. The maximum atomic E-state index is 10.8. The van der Waals surface area contributed by atoms with Crippen molar-refractivity contribution in [2.24, 2.45) is 11.7 Å². The van der Waals surface area contributed by atoms with Crippen molar-refractivity contribution in [3.8, 4) is 0 Å². The molecule has 0 fully saturated rings. The van der Waals surface area contributed by atoms with Gasteiger partial charge in [-0.15, -0.1) is 0 Å². The molecule has 6 N–H and O–H groups in total. The minimum absolute atomic E-state index is 0.0819. The summed E-state index contributed by atoms with van der Waals surface area (Å²) in [5.41, 5.74) is 4.27. The van der Waals surface area contributed by atoms with Gasteiger partial charge in [-0.05, 0) is 12.8 Å². The van der Waals surface area contributed by atoms with Gasteiger partial charge >= 0.3 is 0 Å². The summed E-state index contributed by atoms with van der Waals surface area (Å²) in [5, 5.41) is 0. The van der Waals surface area contributed by atoms with Crippen molar-refractivity contribution in [3.63, 3.8) is 0 Å². The third-order valence-electron chi connectivity index (χ3n) is 3.13. The van der Waals surface area contributed by atoms with Crippen LogP contribution in [0.1, 0.15) is 70.6 Å². The first-order valence-corrected chi connectivity index (χ1v) is 7.19. The van der Waals surface area contributed by atoms with E-state index in [9.17, 15) is 9.59 Å². The highest BCUT2D eigenvalue weighted by atomic mass is 16.2. The molecule has 0 saturated heterocycles. The van der Waals surface area contributed by atoms with Crippen LogP contribution in [-0.2, 0) is 9.59 Å².